The van der Waals surface area contributed by atoms with Crippen molar-refractivity contribution in [3.8, 4) is 5.75 Å². The molecule has 1 aliphatic carbocycles. The molecular weight excluding hydrogens is 457 g/mol. The second-order valence-electron chi connectivity index (χ2n) is 9.19. The molecule has 1 aromatic rings. The lowest BCUT2D eigenvalue weighted by Crippen LogP contribution is -2.39. The third-order valence-electron chi connectivity index (χ3n) is 6.04. The monoisotopic (exact) mass is 487 g/mol. The van der Waals surface area contributed by atoms with Gasteiger partial charge in [0.2, 0.25) is 5.91 Å². The Labute approximate surface area is 203 Å². The predicted molar refractivity (Wildman–Crippen MR) is 128 cm³/mol. The van der Waals surface area contributed by atoms with E-state index in [1.54, 1.807) is 23.1 Å². The maximum Gasteiger partial charge on any atom is 0.325 e. The Balaban J connectivity index is 1.25. The maximum absolute atomic E-state index is 14.7. The minimum Gasteiger partial charge on any atom is -0.489 e. The van der Waals surface area contributed by atoms with Gasteiger partial charge >= 0.3 is 6.17 Å². The summed E-state index contributed by atoms with van der Waals surface area (Å²) in [4.78, 5) is 27.1. The molecule has 10 nitrogen and oxygen atoms in total. The standard InChI is InChI=1S/C24H30FN5O5/c1-16(31)26-10-3-11-27-18-6-9-20(21(25)12-18)17-4-7-19(8-5-17)34-15-24(2)14-29-13-22(30(32)33)28-23(29)35-24/h4-5,7-9,12,18,22,27H,3,6,10-11,13-15H2,1-2H3,(H,26,31). The molecule has 0 aromatic heterocycles. The summed E-state index contributed by atoms with van der Waals surface area (Å²) in [5.74, 6) is 0.294. The number of amides is 1. The van der Waals surface area contributed by atoms with Crippen molar-refractivity contribution in [2.45, 2.75) is 44.5 Å². The van der Waals surface area contributed by atoms with Crippen molar-refractivity contribution < 1.29 is 23.6 Å². The Morgan fingerprint density at radius 3 is 2.80 bits per heavy atom. The first-order valence-corrected chi connectivity index (χ1v) is 11.7. The summed E-state index contributed by atoms with van der Waals surface area (Å²) in [7, 11) is 0. The van der Waals surface area contributed by atoms with E-state index in [-0.39, 0.29) is 30.9 Å². The van der Waals surface area contributed by atoms with Crippen molar-refractivity contribution >= 4 is 17.5 Å². The van der Waals surface area contributed by atoms with Crippen LogP contribution in [0, 0.1) is 10.1 Å². The molecule has 3 atom stereocenters. The first-order valence-electron chi connectivity index (χ1n) is 11.7. The van der Waals surface area contributed by atoms with E-state index in [9.17, 15) is 19.3 Å². The fraction of sp³-hybridized carbons (Fsp3) is 0.500. The van der Waals surface area contributed by atoms with Gasteiger partial charge in [0, 0.05) is 30.0 Å². The zero-order valence-corrected chi connectivity index (χ0v) is 19.8. The SMILES string of the molecule is CC(=O)NCCCNC1C=C(F)C(c2ccc(OCC3(C)CN4CC([N+](=O)[O-])N=C4O3)cc2)=CC1. The van der Waals surface area contributed by atoms with Gasteiger partial charge in [0.15, 0.2) is 5.60 Å². The van der Waals surface area contributed by atoms with E-state index in [1.165, 1.54) is 6.92 Å². The Bertz CT molecular complexity index is 1060. The Kier molecular flexibility index (Phi) is 7.34. The molecule has 11 heteroatoms. The molecule has 1 fully saturated rings. The molecule has 3 aliphatic rings. The molecule has 0 spiro atoms. The van der Waals surface area contributed by atoms with Gasteiger partial charge in [0.25, 0.3) is 6.02 Å². The topological polar surface area (TPSA) is 118 Å². The lowest BCUT2D eigenvalue weighted by Gasteiger charge is -2.23. The van der Waals surface area contributed by atoms with Crippen LogP contribution in [0.4, 0.5) is 4.39 Å². The molecule has 2 N–H and O–H groups in total. The van der Waals surface area contributed by atoms with Crippen molar-refractivity contribution in [3.05, 3.63) is 57.9 Å². The van der Waals surface area contributed by atoms with E-state index in [0.29, 0.717) is 43.4 Å². The zero-order chi connectivity index (χ0) is 25.0. The van der Waals surface area contributed by atoms with Gasteiger partial charge in [-0.3, -0.25) is 14.9 Å². The number of nitrogens with one attached hydrogen (secondary N) is 2. The average Bonchev–Trinajstić information content (AvgIpc) is 3.33. The van der Waals surface area contributed by atoms with Gasteiger partial charge in [-0.2, -0.15) is 4.99 Å². The second kappa shape index (κ2) is 10.4. The number of allylic oxidation sites excluding steroid dienone is 2. The number of benzene rings is 1. The van der Waals surface area contributed by atoms with Gasteiger partial charge in [0.1, 0.15) is 24.7 Å². The van der Waals surface area contributed by atoms with Crippen molar-refractivity contribution in [2.75, 3.05) is 32.8 Å². The molecule has 3 unspecified atom stereocenters. The molecule has 0 bridgehead atoms. The lowest BCUT2D eigenvalue weighted by atomic mass is 9.96. The van der Waals surface area contributed by atoms with Gasteiger partial charge in [-0.15, -0.1) is 0 Å². The zero-order valence-electron chi connectivity index (χ0n) is 19.8. The predicted octanol–water partition coefficient (Wildman–Crippen LogP) is 2.25. The number of ether oxygens (including phenoxy) is 2. The summed E-state index contributed by atoms with van der Waals surface area (Å²) in [6.45, 7) is 5.55. The first kappa shape index (κ1) is 24.6. The number of halogens is 1. The number of nitro groups is 1. The highest BCUT2D eigenvalue weighted by Crippen LogP contribution is 2.31. The third kappa shape index (κ3) is 6.16. The molecule has 4 rings (SSSR count). The van der Waals surface area contributed by atoms with Crippen molar-refractivity contribution in [2.24, 2.45) is 4.99 Å². The van der Waals surface area contributed by atoms with Gasteiger partial charge < -0.3 is 25.0 Å². The highest BCUT2D eigenvalue weighted by Gasteiger charge is 2.47. The van der Waals surface area contributed by atoms with Crippen LogP contribution in [0.3, 0.4) is 0 Å². The van der Waals surface area contributed by atoms with Crippen LogP contribution in [0.15, 0.2) is 47.2 Å². The van der Waals surface area contributed by atoms with Gasteiger partial charge in [-0.05, 0) is 50.1 Å². The Morgan fingerprint density at radius 2 is 2.14 bits per heavy atom. The van der Waals surface area contributed by atoms with E-state index >= 15 is 0 Å². The number of aliphatic imine (C=N–C) groups is 1. The van der Waals surface area contributed by atoms with Crippen LogP contribution in [0.25, 0.3) is 5.57 Å². The Hall–Kier alpha value is -3.47. The van der Waals surface area contributed by atoms with Crippen LogP contribution < -0.4 is 15.4 Å². The first-order chi connectivity index (χ1) is 16.7. The third-order valence-corrected chi connectivity index (χ3v) is 6.04. The summed E-state index contributed by atoms with van der Waals surface area (Å²) in [5, 5.41) is 16.9. The van der Waals surface area contributed by atoms with Crippen LogP contribution in [-0.2, 0) is 9.53 Å². The second-order valence-corrected chi connectivity index (χ2v) is 9.19. The molecule has 0 saturated carbocycles. The van der Waals surface area contributed by atoms with Gasteiger partial charge in [-0.1, -0.05) is 18.2 Å². The number of nitrogens with zero attached hydrogens (tertiary/aromatic N) is 3. The summed E-state index contributed by atoms with van der Waals surface area (Å²) in [5.41, 5.74) is 0.654. The molecule has 0 radical (unpaired) electrons. The van der Waals surface area contributed by atoms with E-state index in [0.717, 1.165) is 12.0 Å². The summed E-state index contributed by atoms with van der Waals surface area (Å²) in [6.07, 6.45) is 3.95. The van der Waals surface area contributed by atoms with E-state index < -0.39 is 16.7 Å². The molecule has 1 saturated heterocycles. The normalized spacial score (nSPS) is 25.2. The number of hydrogen-bond acceptors (Lipinski definition) is 8. The molecule has 35 heavy (non-hydrogen) atoms. The summed E-state index contributed by atoms with van der Waals surface area (Å²) < 4.78 is 26.5. The maximum atomic E-state index is 14.7. The van der Waals surface area contributed by atoms with Crippen LogP contribution in [-0.4, -0.2) is 72.3 Å². The lowest BCUT2D eigenvalue weighted by molar-refractivity contribution is -0.518. The number of rotatable bonds is 10. The van der Waals surface area contributed by atoms with Crippen LogP contribution in [0.5, 0.6) is 5.75 Å². The Morgan fingerprint density at radius 1 is 1.37 bits per heavy atom. The van der Waals surface area contributed by atoms with Crippen molar-refractivity contribution in [1.29, 1.82) is 0 Å². The molecular formula is C24H30FN5O5. The van der Waals surface area contributed by atoms with Crippen molar-refractivity contribution in [3.63, 3.8) is 0 Å². The largest absolute Gasteiger partial charge is 0.489 e. The smallest absolute Gasteiger partial charge is 0.325 e. The number of amidine groups is 1. The number of fused-ring (bicyclic) bond motifs is 1. The van der Waals surface area contributed by atoms with Crippen molar-refractivity contribution in [1.82, 2.24) is 15.5 Å². The molecule has 2 heterocycles. The summed E-state index contributed by atoms with van der Waals surface area (Å²) in [6, 6.07) is 7.42. The number of hydrogen-bond donors (Lipinski definition) is 2. The minimum absolute atomic E-state index is 0.0539. The highest BCUT2D eigenvalue weighted by molar-refractivity contribution is 5.79. The van der Waals surface area contributed by atoms with Crippen LogP contribution >= 0.6 is 0 Å². The quantitative estimate of drug-likeness (QED) is 0.295. The fourth-order valence-corrected chi connectivity index (χ4v) is 4.28. The van der Waals surface area contributed by atoms with Gasteiger partial charge in [0.05, 0.1) is 6.54 Å². The molecule has 2 aliphatic heterocycles. The fourth-order valence-electron chi connectivity index (χ4n) is 4.28. The molecule has 1 amide bonds. The summed E-state index contributed by atoms with van der Waals surface area (Å²) >= 11 is 0. The van der Waals surface area contributed by atoms with Crippen LogP contribution in [0.2, 0.25) is 0 Å². The van der Waals surface area contributed by atoms with E-state index in [2.05, 4.69) is 15.6 Å². The molecule has 1 aromatic carbocycles. The highest BCUT2D eigenvalue weighted by atomic mass is 19.1. The molecule has 188 valence electrons. The van der Waals surface area contributed by atoms with Gasteiger partial charge in [-0.25, -0.2) is 4.39 Å². The van der Waals surface area contributed by atoms with E-state index in [1.807, 2.05) is 25.1 Å². The van der Waals surface area contributed by atoms with E-state index in [4.69, 9.17) is 9.47 Å². The number of carbonyl (C=O) groups is 1. The minimum atomic E-state index is -0.979. The number of carbonyl (C=O) groups excluding carboxylic acids is 1. The average molecular weight is 488 g/mol. The van der Waals surface area contributed by atoms with Crippen LogP contribution in [0.1, 0.15) is 32.3 Å².